The molecule has 0 spiro atoms. The van der Waals surface area contributed by atoms with E-state index in [-0.39, 0.29) is 11.9 Å². The second-order valence-corrected chi connectivity index (χ2v) is 5.57. The van der Waals surface area contributed by atoms with Crippen LogP contribution in [0.1, 0.15) is 28.9 Å². The van der Waals surface area contributed by atoms with E-state index in [0.717, 1.165) is 5.56 Å². The SMILES string of the molecule is CC(NC(=O)c1ccccc1Cl)c1ccc(Cl)c(Cl)c1. The minimum absolute atomic E-state index is 0.200. The van der Waals surface area contributed by atoms with Crippen LogP contribution in [0.4, 0.5) is 0 Å². The Kier molecular flexibility index (Phi) is 4.92. The Morgan fingerprint density at radius 1 is 1.00 bits per heavy atom. The maximum atomic E-state index is 12.1. The molecule has 104 valence electrons. The lowest BCUT2D eigenvalue weighted by Crippen LogP contribution is -2.26. The maximum absolute atomic E-state index is 12.1. The summed E-state index contributed by atoms with van der Waals surface area (Å²) in [5.74, 6) is -0.228. The summed E-state index contributed by atoms with van der Waals surface area (Å²) in [6.45, 7) is 1.87. The lowest BCUT2D eigenvalue weighted by molar-refractivity contribution is 0.0940. The molecule has 1 N–H and O–H groups in total. The van der Waals surface area contributed by atoms with Gasteiger partial charge in [0.1, 0.15) is 0 Å². The number of carbonyl (C=O) groups is 1. The van der Waals surface area contributed by atoms with Crippen LogP contribution >= 0.6 is 34.8 Å². The molecular formula is C15H12Cl3NO. The van der Waals surface area contributed by atoms with Gasteiger partial charge in [0.2, 0.25) is 0 Å². The van der Waals surface area contributed by atoms with Crippen molar-refractivity contribution in [2.45, 2.75) is 13.0 Å². The predicted molar refractivity (Wildman–Crippen MR) is 83.8 cm³/mol. The number of amides is 1. The molecule has 0 aromatic heterocycles. The molecule has 1 atom stereocenters. The van der Waals surface area contributed by atoms with Gasteiger partial charge in [0.15, 0.2) is 0 Å². The number of benzene rings is 2. The number of rotatable bonds is 3. The van der Waals surface area contributed by atoms with Crippen molar-refractivity contribution < 1.29 is 4.79 Å². The molecule has 2 aromatic carbocycles. The first-order valence-corrected chi connectivity index (χ1v) is 7.13. The van der Waals surface area contributed by atoms with Gasteiger partial charge >= 0.3 is 0 Å². The van der Waals surface area contributed by atoms with Gasteiger partial charge in [-0.1, -0.05) is 53.0 Å². The fourth-order valence-electron chi connectivity index (χ4n) is 1.78. The quantitative estimate of drug-likeness (QED) is 0.830. The van der Waals surface area contributed by atoms with Crippen molar-refractivity contribution in [3.63, 3.8) is 0 Å². The van der Waals surface area contributed by atoms with Gasteiger partial charge in [-0.25, -0.2) is 0 Å². The molecule has 5 heteroatoms. The smallest absolute Gasteiger partial charge is 0.253 e. The number of halogens is 3. The first-order valence-electron chi connectivity index (χ1n) is 5.99. The number of hydrogen-bond donors (Lipinski definition) is 1. The molecule has 0 aliphatic rings. The van der Waals surface area contributed by atoms with Gasteiger partial charge in [-0.15, -0.1) is 0 Å². The first-order chi connectivity index (χ1) is 9.49. The van der Waals surface area contributed by atoms with Gasteiger partial charge < -0.3 is 5.32 Å². The minimum atomic E-state index is -0.228. The van der Waals surface area contributed by atoms with Crippen LogP contribution in [0, 0.1) is 0 Å². The lowest BCUT2D eigenvalue weighted by atomic mass is 10.1. The summed E-state index contributed by atoms with van der Waals surface area (Å²) < 4.78 is 0. The molecule has 20 heavy (non-hydrogen) atoms. The van der Waals surface area contributed by atoms with Crippen molar-refractivity contribution in [2.24, 2.45) is 0 Å². The van der Waals surface area contributed by atoms with Crippen LogP contribution in [0.15, 0.2) is 42.5 Å². The molecule has 2 aromatic rings. The average Bonchev–Trinajstić information content (AvgIpc) is 2.42. The summed E-state index contributed by atoms with van der Waals surface area (Å²) in [4.78, 5) is 12.1. The Bertz CT molecular complexity index is 643. The Balaban J connectivity index is 2.15. The second kappa shape index (κ2) is 6.49. The summed E-state index contributed by atoms with van der Waals surface area (Å²) in [6.07, 6.45) is 0. The van der Waals surface area contributed by atoms with E-state index in [9.17, 15) is 4.79 Å². The third kappa shape index (κ3) is 3.45. The van der Waals surface area contributed by atoms with Crippen molar-refractivity contribution in [3.8, 4) is 0 Å². The van der Waals surface area contributed by atoms with E-state index < -0.39 is 0 Å². The summed E-state index contributed by atoms with van der Waals surface area (Å²) in [5, 5.41) is 4.24. The van der Waals surface area contributed by atoms with E-state index in [1.54, 1.807) is 36.4 Å². The first kappa shape index (κ1) is 15.2. The van der Waals surface area contributed by atoms with E-state index >= 15 is 0 Å². The van der Waals surface area contributed by atoms with Crippen LogP contribution in [-0.2, 0) is 0 Å². The Labute approximate surface area is 132 Å². The number of hydrogen-bond acceptors (Lipinski definition) is 1. The van der Waals surface area contributed by atoms with Gasteiger partial charge in [-0.2, -0.15) is 0 Å². The minimum Gasteiger partial charge on any atom is -0.345 e. The van der Waals surface area contributed by atoms with Crippen molar-refractivity contribution >= 4 is 40.7 Å². The van der Waals surface area contributed by atoms with Crippen LogP contribution in [-0.4, -0.2) is 5.91 Å². The summed E-state index contributed by atoms with van der Waals surface area (Å²) in [7, 11) is 0. The van der Waals surface area contributed by atoms with E-state index in [4.69, 9.17) is 34.8 Å². The molecule has 1 amide bonds. The standard InChI is InChI=1S/C15H12Cl3NO/c1-9(10-6-7-13(17)14(18)8-10)19-15(20)11-4-2-3-5-12(11)16/h2-9H,1H3,(H,19,20). The highest BCUT2D eigenvalue weighted by atomic mass is 35.5. The highest BCUT2D eigenvalue weighted by molar-refractivity contribution is 6.42. The predicted octanol–water partition coefficient (Wildman–Crippen LogP) is 5.14. The molecule has 0 saturated heterocycles. The van der Waals surface area contributed by atoms with Crippen molar-refractivity contribution in [1.82, 2.24) is 5.32 Å². The molecule has 0 saturated carbocycles. The average molecular weight is 329 g/mol. The zero-order chi connectivity index (χ0) is 14.7. The van der Waals surface area contributed by atoms with Crippen LogP contribution < -0.4 is 5.32 Å². The third-order valence-electron chi connectivity index (χ3n) is 2.91. The van der Waals surface area contributed by atoms with Gasteiger partial charge in [0.25, 0.3) is 5.91 Å². The monoisotopic (exact) mass is 327 g/mol. The highest BCUT2D eigenvalue weighted by Gasteiger charge is 2.14. The lowest BCUT2D eigenvalue weighted by Gasteiger charge is -2.15. The van der Waals surface area contributed by atoms with Gasteiger partial charge in [0.05, 0.1) is 26.7 Å². The van der Waals surface area contributed by atoms with Crippen molar-refractivity contribution in [1.29, 1.82) is 0 Å². The fraction of sp³-hybridized carbons (Fsp3) is 0.133. The topological polar surface area (TPSA) is 29.1 Å². The van der Waals surface area contributed by atoms with Crippen molar-refractivity contribution in [3.05, 3.63) is 68.7 Å². The number of nitrogens with one attached hydrogen (secondary N) is 1. The summed E-state index contributed by atoms with van der Waals surface area (Å²) in [6, 6.07) is 12.0. The van der Waals surface area contributed by atoms with Crippen LogP contribution in [0.3, 0.4) is 0 Å². The highest BCUT2D eigenvalue weighted by Crippen LogP contribution is 2.26. The largest absolute Gasteiger partial charge is 0.345 e. The molecule has 2 rings (SSSR count). The fourth-order valence-corrected chi connectivity index (χ4v) is 2.31. The molecule has 0 aliphatic heterocycles. The third-order valence-corrected chi connectivity index (χ3v) is 3.98. The molecule has 0 aliphatic carbocycles. The van der Waals surface area contributed by atoms with Crippen LogP contribution in [0.5, 0.6) is 0 Å². The van der Waals surface area contributed by atoms with Gasteiger partial charge in [-0.3, -0.25) is 4.79 Å². The van der Waals surface area contributed by atoms with Crippen LogP contribution in [0.2, 0.25) is 15.1 Å². The normalized spacial score (nSPS) is 12.0. The van der Waals surface area contributed by atoms with E-state index in [1.165, 1.54) is 0 Å². The van der Waals surface area contributed by atoms with Crippen LogP contribution in [0.25, 0.3) is 0 Å². The molecule has 2 nitrogen and oxygen atoms in total. The summed E-state index contributed by atoms with van der Waals surface area (Å²) >= 11 is 17.8. The molecule has 0 heterocycles. The molecular weight excluding hydrogens is 317 g/mol. The molecule has 0 radical (unpaired) electrons. The summed E-state index contributed by atoms with van der Waals surface area (Å²) in [5.41, 5.74) is 1.32. The van der Waals surface area contributed by atoms with E-state index in [2.05, 4.69) is 5.32 Å². The Hall–Kier alpha value is -1.22. The zero-order valence-corrected chi connectivity index (χ0v) is 12.9. The second-order valence-electron chi connectivity index (χ2n) is 4.35. The molecule has 1 unspecified atom stereocenters. The van der Waals surface area contributed by atoms with E-state index in [0.29, 0.717) is 20.6 Å². The molecule has 0 fully saturated rings. The zero-order valence-electron chi connectivity index (χ0n) is 10.7. The van der Waals surface area contributed by atoms with Crippen molar-refractivity contribution in [2.75, 3.05) is 0 Å². The molecule has 0 bridgehead atoms. The Morgan fingerprint density at radius 3 is 2.35 bits per heavy atom. The van der Waals surface area contributed by atoms with E-state index in [1.807, 2.05) is 13.0 Å². The van der Waals surface area contributed by atoms with Gasteiger partial charge in [0, 0.05) is 0 Å². The number of carbonyl (C=O) groups excluding carboxylic acids is 1. The maximum Gasteiger partial charge on any atom is 0.253 e. The van der Waals surface area contributed by atoms with Gasteiger partial charge in [-0.05, 0) is 36.8 Å². The Morgan fingerprint density at radius 2 is 1.70 bits per heavy atom.